The van der Waals surface area contributed by atoms with Gasteiger partial charge in [-0.05, 0) is 24.6 Å². The zero-order valence-corrected chi connectivity index (χ0v) is 19.9. The van der Waals surface area contributed by atoms with Gasteiger partial charge in [0.2, 0.25) is 0 Å². The molecule has 2 heterocycles. The van der Waals surface area contributed by atoms with Gasteiger partial charge in [0.05, 0.1) is 15.9 Å². The summed E-state index contributed by atoms with van der Waals surface area (Å²) in [5.74, 6) is 1.85. The molecule has 1 N–H and O–H groups in total. The topological polar surface area (TPSA) is 168 Å². The van der Waals surface area contributed by atoms with Gasteiger partial charge in [-0.1, -0.05) is 0 Å². The van der Waals surface area contributed by atoms with E-state index in [9.17, 15) is 36.1 Å². The van der Waals surface area contributed by atoms with Gasteiger partial charge in [-0.25, -0.2) is 13.4 Å². The van der Waals surface area contributed by atoms with Crippen LogP contribution in [0.5, 0.6) is 0 Å². The number of aryl methyl sites for hydroxylation is 1. The molecule has 0 atom stereocenters. The van der Waals surface area contributed by atoms with Crippen molar-refractivity contribution in [3.05, 3.63) is 44.7 Å². The van der Waals surface area contributed by atoms with Crippen molar-refractivity contribution in [2.45, 2.75) is 16.7 Å². The van der Waals surface area contributed by atoms with Gasteiger partial charge >= 0.3 is 59.1 Å². The van der Waals surface area contributed by atoms with Crippen molar-refractivity contribution in [1.82, 2.24) is 9.38 Å². The van der Waals surface area contributed by atoms with E-state index in [-0.39, 0.29) is 81.0 Å². The van der Waals surface area contributed by atoms with Crippen LogP contribution in [0.4, 0.5) is 0 Å². The van der Waals surface area contributed by atoms with Gasteiger partial charge in [0, 0.05) is 11.3 Å². The maximum atomic E-state index is 12.2. The molecule has 3 aromatic rings. The van der Waals surface area contributed by atoms with E-state index in [0.717, 1.165) is 10.5 Å². The van der Waals surface area contributed by atoms with Gasteiger partial charge in [0.25, 0.3) is 15.7 Å². The Morgan fingerprint density at radius 2 is 1.74 bits per heavy atom. The van der Waals surface area contributed by atoms with Gasteiger partial charge in [0.15, 0.2) is 5.65 Å². The average Bonchev–Trinajstić information content (AvgIpc) is 2.83. The Morgan fingerprint density at radius 1 is 1.15 bits per heavy atom. The number of fused-ring (bicyclic) bond motifs is 3. The first-order valence-corrected chi connectivity index (χ1v) is 9.30. The van der Waals surface area contributed by atoms with Crippen LogP contribution in [0.1, 0.15) is 5.56 Å². The van der Waals surface area contributed by atoms with Crippen LogP contribution in [0.2, 0.25) is 0 Å². The second-order valence-electron chi connectivity index (χ2n) is 5.14. The number of imidazole rings is 1. The van der Waals surface area contributed by atoms with E-state index in [1.165, 1.54) is 6.92 Å². The summed E-state index contributed by atoms with van der Waals surface area (Å²) in [4.78, 5) is 13.8. The van der Waals surface area contributed by atoms with E-state index in [2.05, 4.69) is 4.98 Å². The van der Waals surface area contributed by atoms with E-state index < -0.39 is 35.6 Å². The Balaban J connectivity index is 0.00000182. The normalized spacial score (nSPS) is 11.7. The van der Waals surface area contributed by atoms with Crippen molar-refractivity contribution in [3.8, 4) is 0 Å². The smallest absolute Gasteiger partial charge is 0.763 e. The van der Waals surface area contributed by atoms with Crippen LogP contribution in [0.15, 0.2) is 32.8 Å². The van der Waals surface area contributed by atoms with E-state index >= 15 is 0 Å². The maximum Gasteiger partial charge on any atom is 1.00 e. The Bertz CT molecular complexity index is 1430. The van der Waals surface area contributed by atoms with Crippen molar-refractivity contribution in [3.63, 3.8) is 0 Å². The second-order valence-corrected chi connectivity index (χ2v) is 7.88. The monoisotopic (exact) mass is 427 g/mol. The maximum absolute atomic E-state index is 12.2. The summed E-state index contributed by atoms with van der Waals surface area (Å²) in [5, 5.41) is 9.24. The molecule has 14 heteroatoms. The van der Waals surface area contributed by atoms with Crippen LogP contribution in [0.3, 0.4) is 0 Å². The first-order chi connectivity index (χ1) is 11.4. The molecular weight excluding hydrogens is 420 g/mol. The Labute approximate surface area is 196 Å². The van der Waals surface area contributed by atoms with E-state index in [0.29, 0.717) is 17.7 Å². The van der Waals surface area contributed by atoms with Crippen molar-refractivity contribution in [1.29, 1.82) is 0 Å². The minimum atomic E-state index is -5.26. The molecule has 0 unspecified atom stereocenters. The summed E-state index contributed by atoms with van der Waals surface area (Å²) in [6.07, 6.45) is 0. The first-order valence-electron chi connectivity index (χ1n) is 6.45. The predicted octanol–water partition coefficient (Wildman–Crippen LogP) is -7.06. The Kier molecular flexibility index (Phi) is 7.24. The molecule has 0 saturated heterocycles. The number of hydrogen-bond donors (Lipinski definition) is 1. The molecule has 2 aromatic heterocycles. The van der Waals surface area contributed by atoms with Crippen molar-refractivity contribution >= 4 is 42.8 Å². The van der Waals surface area contributed by atoms with E-state index in [4.69, 9.17) is 0 Å². The predicted molar refractivity (Wildman–Crippen MR) is 84.2 cm³/mol. The summed E-state index contributed by atoms with van der Waals surface area (Å²) in [6, 6.07) is 2.43. The van der Waals surface area contributed by atoms with Gasteiger partial charge < -0.3 is 9.96 Å². The Morgan fingerprint density at radius 3 is 2.22 bits per heavy atom. The molecule has 0 aliphatic carbocycles. The minimum Gasteiger partial charge on any atom is -0.763 e. The summed E-state index contributed by atoms with van der Waals surface area (Å²) < 4.78 is 67.0. The molecule has 3 rings (SSSR count). The largest absolute Gasteiger partial charge is 1.00 e. The SMILES string of the molecule is Cc1cc(=O)n2c(nc3cc(S(=O)(=O)[O-])c(S(=O)(=O)O)cc32)c1=C=[N-].[Na+].[Na+]. The van der Waals surface area contributed by atoms with Gasteiger partial charge in [-0.3, -0.25) is 19.6 Å². The summed E-state index contributed by atoms with van der Waals surface area (Å²) in [6.45, 7) is 1.50. The molecule has 130 valence electrons. The molecule has 0 saturated carbocycles. The van der Waals surface area contributed by atoms with Crippen LogP contribution in [0, 0.1) is 6.92 Å². The third-order valence-corrected chi connectivity index (χ3v) is 5.46. The molecule has 0 spiro atoms. The molecule has 0 radical (unpaired) electrons. The second kappa shape index (κ2) is 8.01. The number of benzene rings is 1. The molecule has 10 nitrogen and oxygen atoms in total. The molecule has 27 heavy (non-hydrogen) atoms. The van der Waals surface area contributed by atoms with Crippen molar-refractivity contribution < 1.29 is 85.1 Å². The number of hydrogen-bond acceptors (Lipinski definition) is 7. The summed E-state index contributed by atoms with van der Waals surface area (Å²) >= 11 is 0. The standard InChI is InChI=1S/C13H8N3O7S2.2Na/c1-6-2-12(17)16-9-4-11(25(21,22)23)10(24(18,19)20)3-8(9)15-13(16)7(6)5-14;;/h2-4H,1H3,(H,18,19,20)(H,21,22,23);;/q-1;2*+1/p-1. The van der Waals surface area contributed by atoms with Crippen molar-refractivity contribution in [2.75, 3.05) is 0 Å². The number of nitrogens with zero attached hydrogens (tertiary/aromatic N) is 3. The van der Waals surface area contributed by atoms with Gasteiger partial charge in [0.1, 0.15) is 15.0 Å². The fourth-order valence-corrected chi connectivity index (χ4v) is 4.27. The number of aromatic nitrogens is 2. The van der Waals surface area contributed by atoms with Crippen LogP contribution in [-0.2, 0) is 20.2 Å². The number of pyridine rings is 1. The first kappa shape index (κ1) is 24.4. The molecular formula is C13H7N3Na2O7S2. The van der Waals surface area contributed by atoms with Crippen LogP contribution < -0.4 is 69.9 Å². The third kappa shape index (κ3) is 4.21. The van der Waals surface area contributed by atoms with Crippen molar-refractivity contribution in [2.24, 2.45) is 0 Å². The number of rotatable bonds is 2. The average molecular weight is 427 g/mol. The van der Waals surface area contributed by atoms with Crippen LogP contribution in [-0.4, -0.2) is 41.2 Å². The fraction of sp³-hybridized carbons (Fsp3) is 0.0769. The molecule has 0 fully saturated rings. The molecule has 0 bridgehead atoms. The zero-order valence-electron chi connectivity index (χ0n) is 14.3. The Hall–Kier alpha value is -0.630. The molecule has 0 aliphatic rings. The summed E-state index contributed by atoms with van der Waals surface area (Å²) in [7, 11) is -10.3. The quantitative estimate of drug-likeness (QED) is 0.239. The minimum absolute atomic E-state index is 0. The molecule has 1 aromatic carbocycles. The van der Waals surface area contributed by atoms with Crippen LogP contribution >= 0.6 is 0 Å². The molecule has 0 amide bonds. The van der Waals surface area contributed by atoms with E-state index in [1.807, 2.05) is 5.87 Å². The molecule has 0 aliphatic heterocycles. The zero-order chi connectivity index (χ0) is 18.7. The fourth-order valence-electron chi connectivity index (χ4n) is 2.51. The van der Waals surface area contributed by atoms with Crippen LogP contribution in [0.25, 0.3) is 22.1 Å². The summed E-state index contributed by atoms with van der Waals surface area (Å²) in [5.41, 5.74) is -0.809. The third-order valence-electron chi connectivity index (χ3n) is 3.56. The van der Waals surface area contributed by atoms with Gasteiger partial charge in [-0.15, -0.1) is 0 Å². The van der Waals surface area contributed by atoms with Gasteiger partial charge in [-0.2, -0.15) is 8.42 Å². The van der Waals surface area contributed by atoms with E-state index in [1.54, 1.807) is 0 Å².